The lowest BCUT2D eigenvalue weighted by Gasteiger charge is -2.45. The summed E-state index contributed by atoms with van der Waals surface area (Å²) >= 11 is 1.00. The lowest BCUT2D eigenvalue weighted by Crippen LogP contribution is -2.58. The Balaban J connectivity index is 1.90. The highest BCUT2D eigenvalue weighted by Crippen LogP contribution is 2.49. The standard InChI is InChI=1S/C28H29F3N4O3S/c1-5-22(36)34-16(2)12-33(13-17(34)3)26-20-11-21(28(29,30)31)23(18-9-7-6-8-10-18)25-24(20)35(27(37)32-26)19(14-38-4)15-39-25/h5-11,16-17,19H,1,12-15H2,2-4H3/t16-,17+,19-/m0/s1/i6D,7D,8D,9D,10D. The van der Waals surface area contributed by atoms with E-state index in [9.17, 15) is 22.8 Å². The van der Waals surface area contributed by atoms with Gasteiger partial charge in [-0.25, -0.2) is 4.79 Å². The molecule has 3 heterocycles. The van der Waals surface area contributed by atoms with Gasteiger partial charge in [0.1, 0.15) is 5.82 Å². The number of carbonyl (C=O) groups is 1. The van der Waals surface area contributed by atoms with E-state index in [1.807, 2.05) is 0 Å². The number of halogens is 3. The number of hydrogen-bond donors (Lipinski definition) is 0. The van der Waals surface area contributed by atoms with E-state index in [1.54, 1.807) is 23.6 Å². The van der Waals surface area contributed by atoms with Gasteiger partial charge in [-0.05, 0) is 31.6 Å². The van der Waals surface area contributed by atoms with Crippen molar-refractivity contribution in [1.82, 2.24) is 14.5 Å². The minimum absolute atomic E-state index is 0.00341. The van der Waals surface area contributed by atoms with Crippen molar-refractivity contribution in [2.24, 2.45) is 0 Å². The Hall–Kier alpha value is -3.31. The Bertz CT molecular complexity index is 1730. The molecule has 2 aliphatic rings. The SMILES string of the molecule is [2H]c1c([2H])c([2H])c(-c2c(C(F)(F)F)cc3c(N4C[C@@H](C)N(C(=O)C=C)[C@@H](C)C4)nc(=O)n4c3c2SC[C@@H]4COC)c([2H])c1[2H]. The van der Waals surface area contributed by atoms with Crippen LogP contribution >= 0.6 is 11.8 Å². The number of benzene rings is 2. The van der Waals surface area contributed by atoms with Crippen molar-refractivity contribution in [3.63, 3.8) is 0 Å². The van der Waals surface area contributed by atoms with E-state index < -0.39 is 64.8 Å². The molecular formula is C28H29F3N4O3S. The lowest BCUT2D eigenvalue weighted by atomic mass is 9.96. The fraction of sp³-hybridized carbons (Fsp3) is 0.393. The Labute approximate surface area is 235 Å². The van der Waals surface area contributed by atoms with Crippen LogP contribution in [0, 0.1) is 0 Å². The molecule has 1 aromatic heterocycles. The number of methoxy groups -OCH3 is 1. The molecule has 0 N–H and O–H groups in total. The highest BCUT2D eigenvalue weighted by Gasteiger charge is 2.40. The van der Waals surface area contributed by atoms with Crippen LogP contribution in [0.3, 0.4) is 0 Å². The number of piperazine rings is 1. The summed E-state index contributed by atoms with van der Waals surface area (Å²) in [6.07, 6.45) is -3.82. The van der Waals surface area contributed by atoms with Crippen LogP contribution in [0.4, 0.5) is 19.0 Å². The van der Waals surface area contributed by atoms with Gasteiger partial charge >= 0.3 is 11.9 Å². The maximum Gasteiger partial charge on any atom is 0.417 e. The van der Waals surface area contributed by atoms with Crippen molar-refractivity contribution >= 4 is 34.4 Å². The summed E-state index contributed by atoms with van der Waals surface area (Å²) in [6.45, 7) is 7.51. The van der Waals surface area contributed by atoms with Gasteiger partial charge in [-0.15, -0.1) is 11.8 Å². The maximum atomic E-state index is 15.0. The van der Waals surface area contributed by atoms with Crippen molar-refractivity contribution in [2.75, 3.05) is 37.5 Å². The summed E-state index contributed by atoms with van der Waals surface area (Å²) in [6, 6.07) is -4.39. The summed E-state index contributed by atoms with van der Waals surface area (Å²) < 4.78 is 92.6. The molecule has 2 aromatic carbocycles. The van der Waals surface area contributed by atoms with Gasteiger partial charge in [0.15, 0.2) is 0 Å². The molecule has 39 heavy (non-hydrogen) atoms. The van der Waals surface area contributed by atoms with Gasteiger partial charge in [0, 0.05) is 53.9 Å². The van der Waals surface area contributed by atoms with E-state index in [1.165, 1.54) is 17.8 Å². The minimum Gasteiger partial charge on any atom is -0.383 e. The van der Waals surface area contributed by atoms with Gasteiger partial charge in [-0.1, -0.05) is 36.8 Å². The van der Waals surface area contributed by atoms with Gasteiger partial charge in [0.05, 0.1) is 30.6 Å². The van der Waals surface area contributed by atoms with Gasteiger partial charge in [0.2, 0.25) is 5.91 Å². The Morgan fingerprint density at radius 3 is 2.51 bits per heavy atom. The number of hydrogen-bond acceptors (Lipinski definition) is 6. The average molecular weight is 564 g/mol. The molecule has 3 atom stereocenters. The number of nitrogens with zero attached hydrogens (tertiary/aromatic N) is 4. The number of rotatable bonds is 5. The summed E-state index contributed by atoms with van der Waals surface area (Å²) in [5.41, 5.74) is -3.03. The monoisotopic (exact) mass is 563 g/mol. The highest BCUT2D eigenvalue weighted by atomic mass is 32.2. The highest BCUT2D eigenvalue weighted by molar-refractivity contribution is 7.99. The Kier molecular flexibility index (Phi) is 5.70. The van der Waals surface area contributed by atoms with E-state index in [4.69, 9.17) is 11.6 Å². The molecule has 0 spiro atoms. The zero-order chi connectivity index (χ0) is 32.4. The molecule has 1 amide bonds. The topological polar surface area (TPSA) is 67.7 Å². The van der Waals surface area contributed by atoms with Gasteiger partial charge in [-0.3, -0.25) is 9.36 Å². The maximum absolute atomic E-state index is 15.0. The van der Waals surface area contributed by atoms with Gasteiger partial charge in [0.25, 0.3) is 0 Å². The third kappa shape index (κ3) is 4.71. The molecule has 1 fully saturated rings. The Morgan fingerprint density at radius 1 is 1.26 bits per heavy atom. The first kappa shape index (κ1) is 21.5. The zero-order valence-corrected chi connectivity index (χ0v) is 22.3. The summed E-state index contributed by atoms with van der Waals surface area (Å²) in [5.74, 6) is -0.181. The van der Waals surface area contributed by atoms with E-state index in [-0.39, 0.29) is 65.1 Å². The van der Waals surface area contributed by atoms with Gasteiger partial charge in [-0.2, -0.15) is 18.2 Å². The van der Waals surface area contributed by atoms with E-state index in [0.29, 0.717) is 0 Å². The fourth-order valence-electron chi connectivity index (χ4n) is 5.53. The molecule has 3 aromatic rings. The van der Waals surface area contributed by atoms with E-state index in [2.05, 4.69) is 11.6 Å². The molecular weight excluding hydrogens is 529 g/mol. The minimum atomic E-state index is -5.01. The molecule has 0 radical (unpaired) electrons. The second kappa shape index (κ2) is 10.3. The number of alkyl halides is 3. The molecule has 206 valence electrons. The number of thioether (sulfide) groups is 1. The molecule has 5 rings (SSSR count). The number of amides is 1. The molecule has 7 nitrogen and oxygen atoms in total. The van der Waals surface area contributed by atoms with Crippen LogP contribution in [0.15, 0.2) is 58.6 Å². The van der Waals surface area contributed by atoms with Crippen molar-refractivity contribution in [2.45, 2.75) is 43.0 Å². The molecule has 2 aliphatic heterocycles. The summed E-state index contributed by atoms with van der Waals surface area (Å²) in [7, 11) is 1.43. The number of aromatic nitrogens is 2. The van der Waals surface area contributed by atoms with E-state index in [0.717, 1.165) is 17.8 Å². The molecule has 0 unspecified atom stereocenters. The largest absolute Gasteiger partial charge is 0.417 e. The number of carbonyl (C=O) groups excluding carboxylic acids is 1. The van der Waals surface area contributed by atoms with Crippen LogP contribution < -0.4 is 10.6 Å². The lowest BCUT2D eigenvalue weighted by molar-refractivity contribution is -0.137. The van der Waals surface area contributed by atoms with Crippen LogP contribution in [-0.2, 0) is 15.7 Å². The normalized spacial score (nSPS) is 23.1. The number of anilines is 1. The first-order chi connectivity index (χ1) is 20.6. The fourth-order valence-corrected chi connectivity index (χ4v) is 6.84. The second-order valence-corrected chi connectivity index (χ2v) is 10.6. The van der Waals surface area contributed by atoms with E-state index >= 15 is 0 Å². The van der Waals surface area contributed by atoms with Crippen LogP contribution in [0.1, 0.15) is 32.3 Å². The van der Waals surface area contributed by atoms with Gasteiger partial charge < -0.3 is 14.5 Å². The second-order valence-electron chi connectivity index (χ2n) is 9.58. The number of ether oxygens (including phenoxy) is 1. The molecule has 1 saturated heterocycles. The quantitative estimate of drug-likeness (QED) is 0.408. The molecule has 0 bridgehead atoms. The Morgan fingerprint density at radius 2 is 1.92 bits per heavy atom. The van der Waals surface area contributed by atoms with Crippen LogP contribution in [0.25, 0.3) is 22.0 Å². The molecule has 0 saturated carbocycles. The molecule has 11 heteroatoms. The van der Waals surface area contributed by atoms with Crippen LogP contribution in [0.5, 0.6) is 0 Å². The first-order valence-corrected chi connectivity index (χ1v) is 13.2. The predicted molar refractivity (Wildman–Crippen MR) is 146 cm³/mol. The van der Waals surface area contributed by atoms with Crippen molar-refractivity contribution in [3.8, 4) is 11.1 Å². The van der Waals surface area contributed by atoms with Crippen molar-refractivity contribution in [1.29, 1.82) is 0 Å². The smallest absolute Gasteiger partial charge is 0.383 e. The van der Waals surface area contributed by atoms with Crippen LogP contribution in [-0.4, -0.2) is 65.0 Å². The third-order valence-electron chi connectivity index (χ3n) is 6.99. The summed E-state index contributed by atoms with van der Waals surface area (Å²) in [5, 5.41) is 0.0132. The van der Waals surface area contributed by atoms with Crippen molar-refractivity contribution in [3.05, 3.63) is 65.0 Å². The predicted octanol–water partition coefficient (Wildman–Crippen LogP) is 4.99. The average Bonchev–Trinajstić information content (AvgIpc) is 2.96. The van der Waals surface area contributed by atoms with Crippen LogP contribution in [0.2, 0.25) is 0 Å². The first-order valence-electron chi connectivity index (χ1n) is 14.7. The zero-order valence-electron chi connectivity index (χ0n) is 26.5. The summed E-state index contributed by atoms with van der Waals surface area (Å²) in [4.78, 5) is 33.7. The third-order valence-corrected chi connectivity index (χ3v) is 8.23. The molecule has 0 aliphatic carbocycles. The van der Waals surface area contributed by atoms with Crippen molar-refractivity contribution < 1.29 is 29.6 Å².